The molecule has 1 rings (SSSR count). The normalized spacial score (nSPS) is 11.7. The van der Waals surface area contributed by atoms with E-state index in [2.05, 4.69) is 10.6 Å². The number of ether oxygens (including phenoxy) is 1. The molecule has 0 aliphatic carbocycles. The molecule has 0 aromatic heterocycles. The molecule has 0 heterocycles. The molecule has 5 heteroatoms. The lowest BCUT2D eigenvalue weighted by atomic mass is 10.2. The van der Waals surface area contributed by atoms with Gasteiger partial charge >= 0.3 is 5.97 Å². The Morgan fingerprint density at radius 3 is 2.60 bits per heavy atom. The molecule has 0 fully saturated rings. The first-order valence-electron chi connectivity index (χ1n) is 6.81. The maximum absolute atomic E-state index is 11.6. The Hall–Kier alpha value is -1.88. The van der Waals surface area contributed by atoms with E-state index in [0.29, 0.717) is 13.2 Å². The van der Waals surface area contributed by atoms with Crippen LogP contribution in [0.1, 0.15) is 25.8 Å². The molecule has 5 nitrogen and oxygen atoms in total. The molecule has 1 unspecified atom stereocenters. The minimum absolute atomic E-state index is 0.0866. The van der Waals surface area contributed by atoms with Crippen LogP contribution < -0.4 is 10.6 Å². The van der Waals surface area contributed by atoms with Crippen LogP contribution in [0.5, 0.6) is 0 Å². The predicted octanol–water partition coefficient (Wildman–Crippen LogP) is 1.23. The molecule has 0 spiro atoms. The zero-order chi connectivity index (χ0) is 14.8. The third-order valence-electron chi connectivity index (χ3n) is 2.72. The summed E-state index contributed by atoms with van der Waals surface area (Å²) in [6, 6.07) is 9.62. The van der Waals surface area contributed by atoms with Crippen LogP contribution in [-0.4, -0.2) is 31.1 Å². The fourth-order valence-corrected chi connectivity index (χ4v) is 1.67. The average Bonchev–Trinajstić information content (AvgIpc) is 2.44. The fraction of sp³-hybridized carbons (Fsp3) is 0.467. The van der Waals surface area contributed by atoms with Gasteiger partial charge in [-0.15, -0.1) is 0 Å². The molecule has 20 heavy (non-hydrogen) atoms. The summed E-state index contributed by atoms with van der Waals surface area (Å²) in [5.41, 5.74) is 1.06. The summed E-state index contributed by atoms with van der Waals surface area (Å²) < 4.78 is 4.85. The van der Waals surface area contributed by atoms with E-state index >= 15 is 0 Å². The van der Waals surface area contributed by atoms with Gasteiger partial charge in [0.1, 0.15) is 0 Å². The molecule has 1 atom stereocenters. The van der Waals surface area contributed by atoms with Crippen molar-refractivity contribution in [2.75, 3.05) is 13.2 Å². The van der Waals surface area contributed by atoms with Crippen molar-refractivity contribution in [1.29, 1.82) is 0 Å². The number of carbonyl (C=O) groups excluding carboxylic acids is 2. The molecule has 0 radical (unpaired) electrons. The first-order valence-corrected chi connectivity index (χ1v) is 6.81. The van der Waals surface area contributed by atoms with Crippen molar-refractivity contribution in [3.05, 3.63) is 35.9 Å². The highest BCUT2D eigenvalue weighted by Gasteiger charge is 2.10. The topological polar surface area (TPSA) is 67.4 Å². The average molecular weight is 278 g/mol. The van der Waals surface area contributed by atoms with Crippen LogP contribution in [0.3, 0.4) is 0 Å². The summed E-state index contributed by atoms with van der Waals surface area (Å²) in [7, 11) is 0. The van der Waals surface area contributed by atoms with E-state index in [9.17, 15) is 9.59 Å². The van der Waals surface area contributed by atoms with Gasteiger partial charge in [0.05, 0.1) is 19.6 Å². The monoisotopic (exact) mass is 278 g/mol. The standard InChI is InChI=1S/C15H22N2O3/c1-3-20-15(19)9-12(2)16-11-14(18)17-10-13-7-5-4-6-8-13/h4-8,12,16H,3,9-11H2,1-2H3,(H,17,18). The van der Waals surface area contributed by atoms with E-state index < -0.39 is 0 Å². The quantitative estimate of drug-likeness (QED) is 0.702. The van der Waals surface area contributed by atoms with Gasteiger partial charge < -0.3 is 15.4 Å². The van der Waals surface area contributed by atoms with Gasteiger partial charge in [0.15, 0.2) is 0 Å². The van der Waals surface area contributed by atoms with Crippen LogP contribution in [0.2, 0.25) is 0 Å². The van der Waals surface area contributed by atoms with Crippen molar-refractivity contribution < 1.29 is 14.3 Å². The Labute approximate surface area is 119 Å². The van der Waals surface area contributed by atoms with Gasteiger partial charge in [0.25, 0.3) is 0 Å². The molecule has 0 saturated heterocycles. The molecule has 1 aromatic carbocycles. The molecule has 1 aromatic rings. The molecular formula is C15H22N2O3. The minimum Gasteiger partial charge on any atom is -0.466 e. The van der Waals surface area contributed by atoms with E-state index in [1.165, 1.54) is 0 Å². The summed E-state index contributed by atoms with van der Waals surface area (Å²) in [5.74, 6) is -0.346. The maximum atomic E-state index is 11.6. The van der Waals surface area contributed by atoms with E-state index in [1.54, 1.807) is 6.92 Å². The van der Waals surface area contributed by atoms with Gasteiger partial charge in [0.2, 0.25) is 5.91 Å². The first-order chi connectivity index (χ1) is 9.61. The van der Waals surface area contributed by atoms with Crippen LogP contribution in [0.4, 0.5) is 0 Å². The van der Waals surface area contributed by atoms with Gasteiger partial charge in [-0.3, -0.25) is 9.59 Å². The summed E-state index contributed by atoms with van der Waals surface area (Å²) in [4.78, 5) is 22.9. The second-order valence-electron chi connectivity index (χ2n) is 4.55. The lowest BCUT2D eigenvalue weighted by molar-refractivity contribution is -0.143. The van der Waals surface area contributed by atoms with Crippen LogP contribution in [0.15, 0.2) is 30.3 Å². The van der Waals surface area contributed by atoms with Gasteiger partial charge in [0, 0.05) is 12.6 Å². The summed E-state index contributed by atoms with van der Waals surface area (Å²) in [6.45, 7) is 4.69. The summed E-state index contributed by atoms with van der Waals surface area (Å²) in [6.07, 6.45) is 0.264. The van der Waals surface area contributed by atoms with Crippen molar-refractivity contribution in [2.24, 2.45) is 0 Å². The number of benzene rings is 1. The number of rotatable bonds is 8. The zero-order valence-corrected chi connectivity index (χ0v) is 12.0. The second kappa shape index (κ2) is 9.09. The number of amides is 1. The highest BCUT2D eigenvalue weighted by Crippen LogP contribution is 1.97. The molecule has 0 bridgehead atoms. The number of carbonyl (C=O) groups is 2. The molecule has 1 amide bonds. The summed E-state index contributed by atoms with van der Waals surface area (Å²) >= 11 is 0. The van der Waals surface area contributed by atoms with Crippen LogP contribution in [-0.2, 0) is 20.9 Å². The van der Waals surface area contributed by atoms with E-state index in [1.807, 2.05) is 37.3 Å². The molecule has 110 valence electrons. The van der Waals surface area contributed by atoms with Gasteiger partial charge in [-0.2, -0.15) is 0 Å². The number of hydrogen-bond acceptors (Lipinski definition) is 4. The van der Waals surface area contributed by atoms with Crippen LogP contribution >= 0.6 is 0 Å². The van der Waals surface area contributed by atoms with Crippen LogP contribution in [0.25, 0.3) is 0 Å². The predicted molar refractivity (Wildman–Crippen MR) is 77.0 cm³/mol. The lowest BCUT2D eigenvalue weighted by Gasteiger charge is -2.13. The van der Waals surface area contributed by atoms with Gasteiger partial charge in [-0.25, -0.2) is 0 Å². The molecule has 0 aliphatic rings. The Kier molecular flexibility index (Phi) is 7.35. The van der Waals surface area contributed by atoms with E-state index in [4.69, 9.17) is 4.74 Å². The third-order valence-corrected chi connectivity index (χ3v) is 2.72. The van der Waals surface area contributed by atoms with Gasteiger partial charge in [-0.1, -0.05) is 30.3 Å². The second-order valence-corrected chi connectivity index (χ2v) is 4.55. The molecule has 0 aliphatic heterocycles. The Balaban J connectivity index is 2.18. The van der Waals surface area contributed by atoms with Crippen molar-refractivity contribution in [3.8, 4) is 0 Å². The smallest absolute Gasteiger partial charge is 0.307 e. The molecule has 0 saturated carbocycles. The largest absolute Gasteiger partial charge is 0.466 e. The fourth-order valence-electron chi connectivity index (χ4n) is 1.67. The van der Waals surface area contributed by atoms with E-state index in [0.717, 1.165) is 5.56 Å². The Morgan fingerprint density at radius 1 is 1.25 bits per heavy atom. The van der Waals surface area contributed by atoms with E-state index in [-0.39, 0.29) is 30.9 Å². The lowest BCUT2D eigenvalue weighted by Crippen LogP contribution is -2.38. The Morgan fingerprint density at radius 2 is 1.95 bits per heavy atom. The van der Waals surface area contributed by atoms with Crippen LogP contribution in [0, 0.1) is 0 Å². The first kappa shape index (κ1) is 16.2. The van der Waals surface area contributed by atoms with Crippen molar-refractivity contribution in [2.45, 2.75) is 32.9 Å². The number of esters is 1. The van der Waals surface area contributed by atoms with Gasteiger partial charge in [-0.05, 0) is 19.4 Å². The molecule has 2 N–H and O–H groups in total. The minimum atomic E-state index is -0.253. The number of hydrogen-bond donors (Lipinski definition) is 2. The maximum Gasteiger partial charge on any atom is 0.307 e. The molecular weight excluding hydrogens is 256 g/mol. The zero-order valence-electron chi connectivity index (χ0n) is 12.0. The summed E-state index contributed by atoms with van der Waals surface area (Å²) in [5, 5.41) is 5.81. The highest BCUT2D eigenvalue weighted by molar-refractivity contribution is 5.78. The third kappa shape index (κ3) is 6.89. The highest BCUT2D eigenvalue weighted by atomic mass is 16.5. The SMILES string of the molecule is CCOC(=O)CC(C)NCC(=O)NCc1ccccc1. The number of nitrogens with one attached hydrogen (secondary N) is 2. The van der Waals surface area contributed by atoms with Crippen molar-refractivity contribution in [3.63, 3.8) is 0 Å². The van der Waals surface area contributed by atoms with Crippen molar-refractivity contribution >= 4 is 11.9 Å². The Bertz CT molecular complexity index is 420. The van der Waals surface area contributed by atoms with Crippen molar-refractivity contribution in [1.82, 2.24) is 10.6 Å².